The Morgan fingerprint density at radius 1 is 1.47 bits per heavy atom. The van der Waals surface area contributed by atoms with E-state index in [0.29, 0.717) is 18.2 Å². The van der Waals surface area contributed by atoms with E-state index >= 15 is 0 Å². The number of hydrogen-bond acceptors (Lipinski definition) is 5. The highest BCUT2D eigenvalue weighted by molar-refractivity contribution is 5.53. The van der Waals surface area contributed by atoms with Crippen molar-refractivity contribution in [2.45, 2.75) is 26.4 Å². The van der Waals surface area contributed by atoms with E-state index in [2.05, 4.69) is 22.2 Å². The molecule has 0 saturated carbocycles. The van der Waals surface area contributed by atoms with Crippen molar-refractivity contribution in [3.8, 4) is 5.88 Å². The summed E-state index contributed by atoms with van der Waals surface area (Å²) in [6.07, 6.45) is 5.49. The van der Waals surface area contributed by atoms with Crippen LogP contribution in [0.4, 0.5) is 11.5 Å². The first kappa shape index (κ1) is 13.2. The van der Waals surface area contributed by atoms with Crippen molar-refractivity contribution in [2.75, 3.05) is 17.7 Å². The Balaban J connectivity index is 2.00. The molecule has 2 heterocycles. The van der Waals surface area contributed by atoms with Crippen molar-refractivity contribution in [2.24, 2.45) is 0 Å². The fraction of sp³-hybridized carbons (Fsp3) is 0.385. The van der Waals surface area contributed by atoms with E-state index in [0.717, 1.165) is 12.4 Å². The summed E-state index contributed by atoms with van der Waals surface area (Å²) in [6.45, 7) is 5.35. The van der Waals surface area contributed by atoms with Crippen LogP contribution in [0.5, 0.6) is 5.88 Å². The van der Waals surface area contributed by atoms with Crippen LogP contribution in [-0.2, 0) is 6.54 Å². The number of nitrogens with one attached hydrogen (secondary N) is 1. The third kappa shape index (κ3) is 3.61. The zero-order valence-electron chi connectivity index (χ0n) is 11.2. The number of ether oxygens (including phenoxy) is 1. The first-order chi connectivity index (χ1) is 9.19. The first-order valence-electron chi connectivity index (χ1n) is 6.30. The fourth-order valence-corrected chi connectivity index (χ4v) is 1.79. The van der Waals surface area contributed by atoms with E-state index in [1.165, 1.54) is 0 Å². The summed E-state index contributed by atoms with van der Waals surface area (Å²) in [7, 11) is 0. The van der Waals surface area contributed by atoms with E-state index in [-0.39, 0.29) is 6.04 Å². The third-order valence-electron chi connectivity index (χ3n) is 2.61. The molecule has 0 aliphatic carbocycles. The van der Waals surface area contributed by atoms with E-state index in [9.17, 15) is 0 Å². The largest absolute Gasteiger partial charge is 0.476 e. The van der Waals surface area contributed by atoms with E-state index in [4.69, 9.17) is 10.5 Å². The highest BCUT2D eigenvalue weighted by Gasteiger charge is 2.07. The summed E-state index contributed by atoms with van der Waals surface area (Å²) in [5.41, 5.74) is 6.34. The standard InChI is InChI=1S/C13H19N5O/c1-3-19-13-11(14)4-5-12(17-13)16-10(2)8-18-7-6-15-9-18/h4-7,9-10H,3,8,14H2,1-2H3,(H,16,17). The highest BCUT2D eigenvalue weighted by atomic mass is 16.5. The molecule has 1 atom stereocenters. The Morgan fingerprint density at radius 2 is 2.32 bits per heavy atom. The number of hydrogen-bond donors (Lipinski definition) is 2. The molecular formula is C13H19N5O. The van der Waals surface area contributed by atoms with Gasteiger partial charge in [-0.25, -0.2) is 4.98 Å². The maximum atomic E-state index is 5.79. The lowest BCUT2D eigenvalue weighted by Gasteiger charge is -2.16. The Bertz CT molecular complexity index is 512. The van der Waals surface area contributed by atoms with E-state index in [1.54, 1.807) is 18.6 Å². The molecule has 0 bridgehead atoms. The molecule has 0 amide bonds. The quantitative estimate of drug-likeness (QED) is 0.828. The van der Waals surface area contributed by atoms with Gasteiger partial charge in [0, 0.05) is 25.0 Å². The van der Waals surface area contributed by atoms with Gasteiger partial charge < -0.3 is 20.4 Å². The van der Waals surface area contributed by atoms with Gasteiger partial charge in [-0.15, -0.1) is 0 Å². The molecular weight excluding hydrogens is 242 g/mol. The number of nitrogens with two attached hydrogens (primary N) is 1. The number of rotatable bonds is 6. The minimum atomic E-state index is 0.222. The summed E-state index contributed by atoms with van der Waals surface area (Å²) in [6, 6.07) is 3.87. The van der Waals surface area contributed by atoms with Crippen LogP contribution in [0.25, 0.3) is 0 Å². The van der Waals surface area contributed by atoms with Crippen LogP contribution < -0.4 is 15.8 Å². The molecule has 0 radical (unpaired) electrons. The SMILES string of the molecule is CCOc1nc(NC(C)Cn2ccnc2)ccc1N. The lowest BCUT2D eigenvalue weighted by Crippen LogP contribution is -2.22. The second kappa shape index (κ2) is 6.08. The second-order valence-corrected chi connectivity index (χ2v) is 4.33. The van der Waals surface area contributed by atoms with E-state index in [1.807, 2.05) is 23.8 Å². The number of anilines is 2. The summed E-state index contributed by atoms with van der Waals surface area (Å²) in [4.78, 5) is 8.36. The average Bonchev–Trinajstić information content (AvgIpc) is 2.86. The highest BCUT2D eigenvalue weighted by Crippen LogP contribution is 2.21. The van der Waals surface area contributed by atoms with Gasteiger partial charge in [0.2, 0.25) is 5.88 Å². The molecule has 0 saturated heterocycles. The molecule has 0 fully saturated rings. The smallest absolute Gasteiger partial charge is 0.239 e. The minimum Gasteiger partial charge on any atom is -0.476 e. The van der Waals surface area contributed by atoms with Gasteiger partial charge in [0.15, 0.2) is 0 Å². The molecule has 0 aromatic carbocycles. The first-order valence-corrected chi connectivity index (χ1v) is 6.30. The molecule has 102 valence electrons. The Morgan fingerprint density at radius 3 is 3.00 bits per heavy atom. The molecule has 6 nitrogen and oxygen atoms in total. The molecule has 2 aromatic rings. The van der Waals surface area contributed by atoms with Crippen LogP contribution >= 0.6 is 0 Å². The molecule has 1 unspecified atom stereocenters. The molecule has 19 heavy (non-hydrogen) atoms. The summed E-state index contributed by atoms with van der Waals surface area (Å²) < 4.78 is 7.39. The molecule has 0 aliphatic rings. The van der Waals surface area contributed by atoms with Gasteiger partial charge in [0.05, 0.1) is 18.6 Å². The van der Waals surface area contributed by atoms with Gasteiger partial charge in [0.25, 0.3) is 0 Å². The van der Waals surface area contributed by atoms with Crippen molar-refractivity contribution >= 4 is 11.5 Å². The van der Waals surface area contributed by atoms with Crippen molar-refractivity contribution in [3.05, 3.63) is 30.9 Å². The minimum absolute atomic E-state index is 0.222. The van der Waals surface area contributed by atoms with Crippen molar-refractivity contribution < 1.29 is 4.74 Å². The van der Waals surface area contributed by atoms with Crippen LogP contribution in [0.15, 0.2) is 30.9 Å². The monoisotopic (exact) mass is 261 g/mol. The molecule has 2 aromatic heterocycles. The topological polar surface area (TPSA) is 78.0 Å². The van der Waals surface area contributed by atoms with Crippen LogP contribution in [-0.4, -0.2) is 27.2 Å². The van der Waals surface area contributed by atoms with Gasteiger partial charge in [-0.3, -0.25) is 0 Å². The Labute approximate surface area is 112 Å². The predicted molar refractivity (Wildman–Crippen MR) is 75.1 cm³/mol. The third-order valence-corrected chi connectivity index (χ3v) is 2.61. The molecule has 0 spiro atoms. The molecule has 6 heteroatoms. The summed E-state index contributed by atoms with van der Waals surface area (Å²) >= 11 is 0. The zero-order valence-corrected chi connectivity index (χ0v) is 11.2. The van der Waals surface area contributed by atoms with Crippen LogP contribution in [0.1, 0.15) is 13.8 Å². The summed E-state index contributed by atoms with van der Waals surface area (Å²) in [5, 5.41) is 3.31. The predicted octanol–water partition coefficient (Wildman–Crippen LogP) is 1.76. The van der Waals surface area contributed by atoms with Crippen molar-refractivity contribution in [3.63, 3.8) is 0 Å². The van der Waals surface area contributed by atoms with Gasteiger partial charge in [-0.2, -0.15) is 4.98 Å². The lowest BCUT2D eigenvalue weighted by atomic mass is 10.3. The normalized spacial score (nSPS) is 12.1. The van der Waals surface area contributed by atoms with Gasteiger partial charge in [0.1, 0.15) is 5.82 Å². The fourth-order valence-electron chi connectivity index (χ4n) is 1.79. The Kier molecular flexibility index (Phi) is 4.22. The Hall–Kier alpha value is -2.24. The van der Waals surface area contributed by atoms with E-state index < -0.39 is 0 Å². The van der Waals surface area contributed by atoms with Crippen LogP contribution in [0.3, 0.4) is 0 Å². The van der Waals surface area contributed by atoms with Gasteiger partial charge in [-0.05, 0) is 26.0 Å². The molecule has 2 rings (SSSR count). The number of nitrogens with zero attached hydrogens (tertiary/aromatic N) is 3. The van der Waals surface area contributed by atoms with Crippen molar-refractivity contribution in [1.82, 2.24) is 14.5 Å². The number of pyridine rings is 1. The van der Waals surface area contributed by atoms with Gasteiger partial charge in [-0.1, -0.05) is 0 Å². The number of aromatic nitrogens is 3. The number of nitrogen functional groups attached to an aromatic ring is 1. The zero-order chi connectivity index (χ0) is 13.7. The summed E-state index contributed by atoms with van der Waals surface area (Å²) in [5.74, 6) is 1.23. The number of imidazole rings is 1. The maximum Gasteiger partial charge on any atom is 0.239 e. The second-order valence-electron chi connectivity index (χ2n) is 4.33. The lowest BCUT2D eigenvalue weighted by molar-refractivity contribution is 0.329. The maximum absolute atomic E-state index is 5.79. The van der Waals surface area contributed by atoms with Crippen LogP contribution in [0.2, 0.25) is 0 Å². The molecule has 3 N–H and O–H groups in total. The average molecular weight is 261 g/mol. The van der Waals surface area contributed by atoms with Crippen molar-refractivity contribution in [1.29, 1.82) is 0 Å². The van der Waals surface area contributed by atoms with Gasteiger partial charge >= 0.3 is 0 Å². The van der Waals surface area contributed by atoms with Crippen LogP contribution in [0, 0.1) is 0 Å². The molecule has 0 aliphatic heterocycles.